The van der Waals surface area contributed by atoms with Gasteiger partial charge in [0.1, 0.15) is 0 Å². The van der Waals surface area contributed by atoms with Gasteiger partial charge in [-0.25, -0.2) is 0 Å². The van der Waals surface area contributed by atoms with Crippen LogP contribution in [0, 0.1) is 0 Å². The highest BCUT2D eigenvalue weighted by Gasteiger charge is 2.22. The largest absolute Gasteiger partial charge is 0.314 e. The Morgan fingerprint density at radius 3 is 2.05 bits per heavy atom. The first-order valence-corrected chi connectivity index (χ1v) is 8.16. The van der Waals surface area contributed by atoms with Gasteiger partial charge in [0, 0.05) is 45.3 Å². The molecule has 1 saturated heterocycles. The molecule has 20 heavy (non-hydrogen) atoms. The van der Waals surface area contributed by atoms with E-state index in [9.17, 15) is 0 Å². The van der Waals surface area contributed by atoms with Gasteiger partial charge in [-0.05, 0) is 24.0 Å². The van der Waals surface area contributed by atoms with Gasteiger partial charge in [-0.3, -0.25) is 4.90 Å². The van der Waals surface area contributed by atoms with Crippen molar-refractivity contribution in [3.05, 3.63) is 35.4 Å². The number of hydrogen-bond donors (Lipinski definition) is 2. The normalized spacial score (nSPS) is 23.2. The van der Waals surface area contributed by atoms with Crippen LogP contribution >= 0.6 is 0 Å². The predicted octanol–water partition coefficient (Wildman–Crippen LogP) is 2.12. The lowest BCUT2D eigenvalue weighted by atomic mass is 10.1. The van der Waals surface area contributed by atoms with E-state index in [4.69, 9.17) is 0 Å². The Hall–Kier alpha value is -0.900. The second-order valence-electron chi connectivity index (χ2n) is 6.10. The maximum Gasteiger partial charge on any atom is 0.0211 e. The first-order chi connectivity index (χ1) is 9.93. The minimum Gasteiger partial charge on any atom is -0.314 e. The number of benzene rings is 1. The summed E-state index contributed by atoms with van der Waals surface area (Å²) in [6, 6.07) is 9.47. The van der Waals surface area contributed by atoms with Crippen LogP contribution in [0.2, 0.25) is 0 Å². The molecule has 110 valence electrons. The third-order valence-electron chi connectivity index (χ3n) is 4.74. The number of rotatable bonds is 1. The van der Waals surface area contributed by atoms with Gasteiger partial charge in [-0.2, -0.15) is 0 Å². The molecule has 0 atom stereocenters. The first-order valence-electron chi connectivity index (χ1n) is 8.16. The van der Waals surface area contributed by atoms with Crippen molar-refractivity contribution in [3.63, 3.8) is 0 Å². The van der Waals surface area contributed by atoms with Crippen LogP contribution in [0.5, 0.6) is 0 Å². The highest BCUT2D eigenvalue weighted by Crippen LogP contribution is 2.23. The van der Waals surface area contributed by atoms with Crippen LogP contribution in [0.4, 0.5) is 0 Å². The Balaban J connectivity index is 0.000000123. The van der Waals surface area contributed by atoms with Gasteiger partial charge in [0.25, 0.3) is 0 Å². The fourth-order valence-corrected chi connectivity index (χ4v) is 3.55. The SMILES string of the molecule is C1CCC(N2CCNCC2)C1.c1ccc2c(c1)CNC2. The van der Waals surface area contributed by atoms with Crippen LogP contribution in [-0.4, -0.2) is 37.1 Å². The molecule has 0 radical (unpaired) electrons. The number of fused-ring (bicyclic) bond motifs is 1. The first kappa shape index (κ1) is 14.1. The molecule has 0 bridgehead atoms. The van der Waals surface area contributed by atoms with Crippen molar-refractivity contribution in [3.8, 4) is 0 Å². The molecule has 2 N–H and O–H groups in total. The minimum atomic E-state index is 0.942. The summed E-state index contributed by atoms with van der Waals surface area (Å²) in [5, 5.41) is 6.68. The zero-order valence-electron chi connectivity index (χ0n) is 12.4. The van der Waals surface area contributed by atoms with Crippen molar-refractivity contribution in [2.24, 2.45) is 0 Å². The molecule has 0 aromatic heterocycles. The summed E-state index contributed by atoms with van der Waals surface area (Å²) in [5.74, 6) is 0. The molecule has 0 unspecified atom stereocenters. The molecule has 4 rings (SSSR count). The Bertz CT molecular complexity index is 383. The molecule has 1 aromatic carbocycles. The fraction of sp³-hybridized carbons (Fsp3) is 0.647. The zero-order chi connectivity index (χ0) is 13.6. The molecule has 3 aliphatic rings. The maximum atomic E-state index is 3.40. The maximum absolute atomic E-state index is 3.40. The second-order valence-corrected chi connectivity index (χ2v) is 6.10. The van der Waals surface area contributed by atoms with Gasteiger partial charge >= 0.3 is 0 Å². The van der Waals surface area contributed by atoms with Gasteiger partial charge < -0.3 is 10.6 Å². The number of nitrogens with zero attached hydrogens (tertiary/aromatic N) is 1. The molecule has 2 fully saturated rings. The third-order valence-corrected chi connectivity index (χ3v) is 4.74. The summed E-state index contributed by atoms with van der Waals surface area (Å²) >= 11 is 0. The molecule has 2 heterocycles. The molecule has 0 amide bonds. The van der Waals surface area contributed by atoms with E-state index < -0.39 is 0 Å². The average molecular weight is 273 g/mol. The average Bonchev–Trinajstić information content (AvgIpc) is 3.20. The Morgan fingerprint density at radius 1 is 0.850 bits per heavy atom. The summed E-state index contributed by atoms with van der Waals surface area (Å²) < 4.78 is 0. The van der Waals surface area contributed by atoms with Crippen LogP contribution in [0.25, 0.3) is 0 Å². The molecule has 1 saturated carbocycles. The van der Waals surface area contributed by atoms with Crippen LogP contribution in [0.1, 0.15) is 36.8 Å². The minimum absolute atomic E-state index is 0.942. The standard InChI is InChI=1S/C9H18N2.C8H9N/c1-2-4-9(3-1)11-7-5-10-6-8-11;1-2-4-8-6-9-5-7(8)3-1/h9-10H,1-8H2;1-4,9H,5-6H2. The lowest BCUT2D eigenvalue weighted by Gasteiger charge is -2.32. The molecule has 2 aliphatic heterocycles. The van der Waals surface area contributed by atoms with Gasteiger partial charge in [0.05, 0.1) is 0 Å². The van der Waals surface area contributed by atoms with Gasteiger partial charge in [0.15, 0.2) is 0 Å². The van der Waals surface area contributed by atoms with Crippen LogP contribution in [0.3, 0.4) is 0 Å². The van der Waals surface area contributed by atoms with E-state index in [2.05, 4.69) is 39.8 Å². The third kappa shape index (κ3) is 3.60. The predicted molar refractivity (Wildman–Crippen MR) is 83.7 cm³/mol. The van der Waals surface area contributed by atoms with Crippen LogP contribution < -0.4 is 10.6 Å². The molecule has 1 aromatic rings. The van der Waals surface area contributed by atoms with Crippen molar-refractivity contribution in [2.45, 2.75) is 44.8 Å². The van der Waals surface area contributed by atoms with E-state index in [1.54, 1.807) is 0 Å². The molecular weight excluding hydrogens is 246 g/mol. The quantitative estimate of drug-likeness (QED) is 0.821. The van der Waals surface area contributed by atoms with Crippen molar-refractivity contribution in [2.75, 3.05) is 26.2 Å². The van der Waals surface area contributed by atoms with Crippen LogP contribution in [-0.2, 0) is 13.1 Å². The second kappa shape index (κ2) is 7.21. The van der Waals surface area contributed by atoms with Crippen molar-refractivity contribution < 1.29 is 0 Å². The van der Waals surface area contributed by atoms with Gasteiger partial charge in [-0.15, -0.1) is 0 Å². The van der Waals surface area contributed by atoms with Gasteiger partial charge in [-0.1, -0.05) is 37.1 Å². The summed E-state index contributed by atoms with van der Waals surface area (Å²) in [6.45, 7) is 7.08. The summed E-state index contributed by atoms with van der Waals surface area (Å²) in [7, 11) is 0. The topological polar surface area (TPSA) is 27.3 Å². The highest BCUT2D eigenvalue weighted by molar-refractivity contribution is 5.29. The van der Waals surface area contributed by atoms with Gasteiger partial charge in [0.2, 0.25) is 0 Å². The van der Waals surface area contributed by atoms with Crippen molar-refractivity contribution >= 4 is 0 Å². The molecule has 3 heteroatoms. The van der Waals surface area contributed by atoms with Crippen molar-refractivity contribution in [1.29, 1.82) is 0 Å². The highest BCUT2D eigenvalue weighted by atomic mass is 15.2. The Labute approximate surface area is 122 Å². The zero-order valence-corrected chi connectivity index (χ0v) is 12.4. The molecule has 0 spiro atoms. The number of hydrogen-bond acceptors (Lipinski definition) is 3. The van der Waals surface area contributed by atoms with E-state index in [0.717, 1.165) is 19.1 Å². The van der Waals surface area contributed by atoms with E-state index in [0.29, 0.717) is 0 Å². The lowest BCUT2D eigenvalue weighted by molar-refractivity contribution is 0.175. The number of piperazine rings is 1. The Morgan fingerprint density at radius 2 is 1.45 bits per heavy atom. The van der Waals surface area contributed by atoms with Crippen LogP contribution in [0.15, 0.2) is 24.3 Å². The molecule has 1 aliphatic carbocycles. The smallest absolute Gasteiger partial charge is 0.0211 e. The Kier molecular flexibility index (Phi) is 5.06. The van der Waals surface area contributed by atoms with E-state index in [-0.39, 0.29) is 0 Å². The van der Waals surface area contributed by atoms with E-state index >= 15 is 0 Å². The monoisotopic (exact) mass is 273 g/mol. The van der Waals surface area contributed by atoms with Crippen molar-refractivity contribution in [1.82, 2.24) is 15.5 Å². The molecule has 3 nitrogen and oxygen atoms in total. The molecular formula is C17H27N3. The van der Waals surface area contributed by atoms with E-state index in [1.807, 2.05) is 0 Å². The summed E-state index contributed by atoms with van der Waals surface area (Å²) in [4.78, 5) is 2.67. The summed E-state index contributed by atoms with van der Waals surface area (Å²) in [5.41, 5.74) is 2.91. The number of nitrogens with one attached hydrogen (secondary N) is 2. The fourth-order valence-electron chi connectivity index (χ4n) is 3.55. The summed E-state index contributed by atoms with van der Waals surface area (Å²) in [6.07, 6.45) is 5.85. The van der Waals surface area contributed by atoms with E-state index in [1.165, 1.54) is 63.0 Å². The lowest BCUT2D eigenvalue weighted by Crippen LogP contribution is -2.47.